The van der Waals surface area contributed by atoms with Crippen LogP contribution in [0.5, 0.6) is 0 Å². The number of β-amino-alcohol motifs (C(OH)–C–C–N with tert-alkyl or cyclic N) is 1. The van der Waals surface area contributed by atoms with Crippen molar-refractivity contribution in [3.63, 3.8) is 0 Å². The zero-order valence-corrected chi connectivity index (χ0v) is 16.3. The second-order valence-corrected chi connectivity index (χ2v) is 8.39. The van der Waals surface area contributed by atoms with Gasteiger partial charge in [-0.15, -0.1) is 0 Å². The molecule has 2 aliphatic heterocycles. The van der Waals surface area contributed by atoms with Gasteiger partial charge in [-0.2, -0.15) is 0 Å². The van der Waals surface area contributed by atoms with Gasteiger partial charge in [0.1, 0.15) is 18.0 Å². The lowest BCUT2D eigenvalue weighted by atomic mass is 9.93. The molecule has 0 bridgehead atoms. The molecule has 6 heteroatoms. The standard InChI is InChI=1S/C22H29N5O/c28-20-14-27(22-12-21(23-15-24-22)25-18-6-3-7-18)11-9-19(20)26-10-8-16-4-1-2-5-17(16)13-26/h1-2,4-5,12,15,18-20,28H,3,6-11,13-14H2,(H,23,24,25)/t19-,20-/m0/s1. The van der Waals surface area contributed by atoms with E-state index in [1.165, 1.54) is 30.4 Å². The number of nitrogens with one attached hydrogen (secondary N) is 1. The number of hydrogen-bond donors (Lipinski definition) is 2. The molecule has 3 heterocycles. The molecular weight excluding hydrogens is 350 g/mol. The van der Waals surface area contributed by atoms with Crippen LogP contribution in [0.15, 0.2) is 36.7 Å². The molecule has 1 aromatic carbocycles. The summed E-state index contributed by atoms with van der Waals surface area (Å²) in [4.78, 5) is 13.5. The highest BCUT2D eigenvalue weighted by Gasteiger charge is 2.34. The van der Waals surface area contributed by atoms with E-state index in [-0.39, 0.29) is 12.1 Å². The zero-order chi connectivity index (χ0) is 18.9. The summed E-state index contributed by atoms with van der Waals surface area (Å²) in [6.45, 7) is 3.52. The van der Waals surface area contributed by atoms with Crippen LogP contribution in [0.2, 0.25) is 0 Å². The van der Waals surface area contributed by atoms with Gasteiger partial charge < -0.3 is 15.3 Å². The van der Waals surface area contributed by atoms with Gasteiger partial charge in [0.15, 0.2) is 0 Å². The van der Waals surface area contributed by atoms with Crippen LogP contribution in [0.4, 0.5) is 11.6 Å². The maximum absolute atomic E-state index is 10.9. The number of aliphatic hydroxyl groups excluding tert-OH is 1. The summed E-state index contributed by atoms with van der Waals surface area (Å²) in [6, 6.07) is 11.5. The van der Waals surface area contributed by atoms with E-state index >= 15 is 0 Å². The van der Waals surface area contributed by atoms with E-state index in [2.05, 4.69) is 49.4 Å². The first-order chi connectivity index (χ1) is 13.8. The highest BCUT2D eigenvalue weighted by molar-refractivity contribution is 5.49. The van der Waals surface area contributed by atoms with Gasteiger partial charge in [-0.25, -0.2) is 9.97 Å². The Morgan fingerprint density at radius 2 is 1.89 bits per heavy atom. The number of piperidine rings is 1. The molecule has 148 valence electrons. The van der Waals surface area contributed by atoms with Gasteiger partial charge in [0.25, 0.3) is 0 Å². The topological polar surface area (TPSA) is 64.5 Å². The third kappa shape index (κ3) is 3.59. The van der Waals surface area contributed by atoms with Gasteiger partial charge in [0, 0.05) is 44.3 Å². The number of aliphatic hydroxyl groups is 1. The second kappa shape index (κ2) is 7.68. The van der Waals surface area contributed by atoms with E-state index in [0.29, 0.717) is 12.6 Å². The predicted molar refractivity (Wildman–Crippen MR) is 110 cm³/mol. The summed E-state index contributed by atoms with van der Waals surface area (Å²) >= 11 is 0. The van der Waals surface area contributed by atoms with E-state index < -0.39 is 0 Å². The lowest BCUT2D eigenvalue weighted by Crippen LogP contribution is -2.55. The zero-order valence-electron chi connectivity index (χ0n) is 16.3. The largest absolute Gasteiger partial charge is 0.390 e. The van der Waals surface area contributed by atoms with Crippen LogP contribution in [0, 0.1) is 0 Å². The first-order valence-electron chi connectivity index (χ1n) is 10.6. The molecule has 1 aliphatic carbocycles. The van der Waals surface area contributed by atoms with Gasteiger partial charge in [0.2, 0.25) is 0 Å². The third-order valence-electron chi connectivity index (χ3n) is 6.61. The van der Waals surface area contributed by atoms with Crippen LogP contribution in [-0.2, 0) is 13.0 Å². The summed E-state index contributed by atoms with van der Waals surface area (Å²) in [6.07, 6.45) is 7.05. The summed E-state index contributed by atoms with van der Waals surface area (Å²) < 4.78 is 0. The fourth-order valence-corrected chi connectivity index (χ4v) is 4.71. The maximum Gasteiger partial charge on any atom is 0.134 e. The van der Waals surface area contributed by atoms with Crippen molar-refractivity contribution < 1.29 is 5.11 Å². The Hall–Kier alpha value is -2.18. The van der Waals surface area contributed by atoms with Crippen LogP contribution >= 0.6 is 0 Å². The molecule has 0 unspecified atom stereocenters. The first-order valence-corrected chi connectivity index (χ1v) is 10.6. The molecule has 1 saturated heterocycles. The molecule has 1 saturated carbocycles. The monoisotopic (exact) mass is 379 g/mol. The average molecular weight is 380 g/mol. The van der Waals surface area contributed by atoms with Gasteiger partial charge in [-0.05, 0) is 43.2 Å². The molecule has 0 spiro atoms. The fraction of sp³-hybridized carbons (Fsp3) is 0.545. The Labute approximate surface area is 166 Å². The number of nitrogens with zero attached hydrogens (tertiary/aromatic N) is 4. The summed E-state index contributed by atoms with van der Waals surface area (Å²) in [5, 5.41) is 14.4. The van der Waals surface area contributed by atoms with Crippen LogP contribution in [-0.4, -0.2) is 57.8 Å². The highest BCUT2D eigenvalue weighted by atomic mass is 16.3. The minimum atomic E-state index is -0.364. The Bertz CT molecular complexity index is 824. The van der Waals surface area contributed by atoms with Gasteiger partial charge in [-0.3, -0.25) is 4.90 Å². The maximum atomic E-state index is 10.9. The lowest BCUT2D eigenvalue weighted by molar-refractivity contribution is 0.0293. The summed E-state index contributed by atoms with van der Waals surface area (Å²) in [5.41, 5.74) is 2.86. The van der Waals surface area contributed by atoms with Crippen molar-refractivity contribution in [1.29, 1.82) is 0 Å². The predicted octanol–water partition coefficient (Wildman–Crippen LogP) is 2.44. The van der Waals surface area contributed by atoms with Crippen molar-refractivity contribution in [1.82, 2.24) is 14.9 Å². The average Bonchev–Trinajstić information content (AvgIpc) is 2.70. The van der Waals surface area contributed by atoms with E-state index in [4.69, 9.17) is 0 Å². The molecule has 6 nitrogen and oxygen atoms in total. The molecule has 0 amide bonds. The second-order valence-electron chi connectivity index (χ2n) is 8.39. The first kappa shape index (κ1) is 17.9. The number of aromatic nitrogens is 2. The van der Waals surface area contributed by atoms with Crippen molar-refractivity contribution in [2.24, 2.45) is 0 Å². The van der Waals surface area contributed by atoms with E-state index in [0.717, 1.165) is 44.1 Å². The van der Waals surface area contributed by atoms with Gasteiger partial charge in [0.05, 0.1) is 6.10 Å². The van der Waals surface area contributed by atoms with Crippen LogP contribution < -0.4 is 10.2 Å². The number of anilines is 2. The highest BCUT2D eigenvalue weighted by Crippen LogP contribution is 2.28. The number of fused-ring (bicyclic) bond motifs is 1. The molecule has 2 fully saturated rings. The normalized spacial score (nSPS) is 25.8. The fourth-order valence-electron chi connectivity index (χ4n) is 4.71. The van der Waals surface area contributed by atoms with Crippen molar-refractivity contribution in [2.45, 2.75) is 56.8 Å². The molecule has 3 aliphatic rings. The number of benzene rings is 1. The van der Waals surface area contributed by atoms with Crippen LogP contribution in [0.1, 0.15) is 36.8 Å². The molecule has 2 N–H and O–H groups in total. The smallest absolute Gasteiger partial charge is 0.134 e. The molecule has 28 heavy (non-hydrogen) atoms. The molecular formula is C22H29N5O. The molecule has 5 rings (SSSR count). The van der Waals surface area contributed by atoms with E-state index in [9.17, 15) is 5.11 Å². The minimum Gasteiger partial charge on any atom is -0.390 e. The molecule has 0 radical (unpaired) electrons. The number of rotatable bonds is 4. The van der Waals surface area contributed by atoms with Crippen molar-refractivity contribution in [2.75, 3.05) is 29.9 Å². The molecule has 1 aromatic heterocycles. The van der Waals surface area contributed by atoms with Gasteiger partial charge in [-0.1, -0.05) is 24.3 Å². The Morgan fingerprint density at radius 3 is 2.68 bits per heavy atom. The van der Waals surface area contributed by atoms with Crippen LogP contribution in [0.3, 0.4) is 0 Å². The van der Waals surface area contributed by atoms with E-state index in [1.54, 1.807) is 6.33 Å². The molecule has 2 atom stereocenters. The lowest BCUT2D eigenvalue weighted by Gasteiger charge is -2.43. The third-order valence-corrected chi connectivity index (χ3v) is 6.61. The Morgan fingerprint density at radius 1 is 1.04 bits per heavy atom. The summed E-state index contributed by atoms with van der Waals surface area (Å²) in [7, 11) is 0. The SMILES string of the molecule is O[C@H]1CN(c2cc(NC3CCC3)ncn2)CC[C@@H]1N1CCc2ccccc2C1. The quantitative estimate of drug-likeness (QED) is 0.851. The molecule has 2 aromatic rings. The summed E-state index contributed by atoms with van der Waals surface area (Å²) in [5.74, 6) is 1.82. The van der Waals surface area contributed by atoms with Crippen molar-refractivity contribution in [3.05, 3.63) is 47.8 Å². The Balaban J connectivity index is 1.23. The number of hydrogen-bond acceptors (Lipinski definition) is 6. The van der Waals surface area contributed by atoms with Gasteiger partial charge >= 0.3 is 0 Å². The van der Waals surface area contributed by atoms with Crippen molar-refractivity contribution in [3.8, 4) is 0 Å². The minimum absolute atomic E-state index is 0.221. The van der Waals surface area contributed by atoms with Crippen LogP contribution in [0.25, 0.3) is 0 Å². The van der Waals surface area contributed by atoms with E-state index in [1.807, 2.05) is 6.07 Å². The Kier molecular flexibility index (Phi) is 4.91. The van der Waals surface area contributed by atoms with Crippen molar-refractivity contribution >= 4 is 11.6 Å².